The lowest BCUT2D eigenvalue weighted by Gasteiger charge is -2.20. The van der Waals surface area contributed by atoms with Crippen LogP contribution in [0.3, 0.4) is 0 Å². The van der Waals surface area contributed by atoms with Crippen LogP contribution in [0.5, 0.6) is 0 Å². The highest BCUT2D eigenvalue weighted by Gasteiger charge is 2.10. The van der Waals surface area contributed by atoms with Crippen LogP contribution in [-0.4, -0.2) is 37.9 Å². The van der Waals surface area contributed by atoms with Gasteiger partial charge in [0.1, 0.15) is 0 Å². The highest BCUT2D eigenvalue weighted by atomic mass is 15.1. The number of nitrogens with one attached hydrogen (secondary N) is 2. The first kappa shape index (κ1) is 19.3. The fourth-order valence-corrected chi connectivity index (χ4v) is 4.29. The summed E-state index contributed by atoms with van der Waals surface area (Å²) in [5.74, 6) is 0. The number of H-pyrrole nitrogens is 2. The summed E-state index contributed by atoms with van der Waals surface area (Å²) in [5, 5.41) is 0. The minimum absolute atomic E-state index is 0.841. The standard InChI is InChI=1S/C28H23N5/c1-2-11-33-12-9-19(10-13-33)27-17-26-16-24-6-5-22(30-24)14-20-3-4-21(29-20)15-23-7-8-25(31-23)18-28(27)32-26/h2-10,12,14-18,30,32H,1,11,13H2. The molecule has 0 fully saturated rings. The molecule has 0 atom stereocenters. The van der Waals surface area contributed by atoms with Crippen LogP contribution in [0, 0.1) is 0 Å². The Morgan fingerprint density at radius 1 is 0.788 bits per heavy atom. The maximum absolute atomic E-state index is 4.79. The van der Waals surface area contributed by atoms with E-state index >= 15 is 0 Å². The monoisotopic (exact) mass is 429 g/mol. The Hall–Kier alpha value is -4.38. The summed E-state index contributed by atoms with van der Waals surface area (Å²) in [6.45, 7) is 5.54. The maximum Gasteiger partial charge on any atom is 0.0659 e. The lowest BCUT2D eigenvalue weighted by molar-refractivity contribution is 0.459. The molecule has 3 aromatic rings. The quantitative estimate of drug-likeness (QED) is 0.343. The van der Waals surface area contributed by atoms with Crippen molar-refractivity contribution in [3.63, 3.8) is 0 Å². The molecule has 0 radical (unpaired) electrons. The van der Waals surface area contributed by atoms with E-state index in [4.69, 9.17) is 9.97 Å². The predicted molar refractivity (Wildman–Crippen MR) is 138 cm³/mol. The molecule has 160 valence electrons. The number of aromatic nitrogens is 4. The molecule has 0 saturated carbocycles. The molecule has 0 spiro atoms. The normalized spacial score (nSPS) is 14.5. The van der Waals surface area contributed by atoms with Crippen molar-refractivity contribution in [3.05, 3.63) is 102 Å². The minimum atomic E-state index is 0.841. The third-order valence-corrected chi connectivity index (χ3v) is 5.85. The van der Waals surface area contributed by atoms with E-state index in [-0.39, 0.29) is 0 Å². The van der Waals surface area contributed by atoms with Gasteiger partial charge in [-0.2, -0.15) is 0 Å². The smallest absolute Gasteiger partial charge is 0.0659 e. The second-order valence-corrected chi connectivity index (χ2v) is 8.31. The Labute approximate surface area is 191 Å². The van der Waals surface area contributed by atoms with Crippen LogP contribution in [0.15, 0.2) is 73.5 Å². The maximum atomic E-state index is 4.79. The fraction of sp³-hybridized carbons (Fsp3) is 0.0714. The average molecular weight is 430 g/mol. The lowest BCUT2D eigenvalue weighted by atomic mass is 10.0. The van der Waals surface area contributed by atoms with Crippen molar-refractivity contribution in [3.8, 4) is 0 Å². The molecular weight excluding hydrogens is 406 g/mol. The predicted octanol–water partition coefficient (Wildman–Crippen LogP) is 6.05. The van der Waals surface area contributed by atoms with E-state index in [9.17, 15) is 0 Å². The van der Waals surface area contributed by atoms with Gasteiger partial charge in [0.05, 0.1) is 22.8 Å². The molecule has 5 nitrogen and oxygen atoms in total. The summed E-state index contributed by atoms with van der Waals surface area (Å²) >= 11 is 0. The molecule has 2 N–H and O–H groups in total. The van der Waals surface area contributed by atoms with Gasteiger partial charge >= 0.3 is 0 Å². The molecule has 3 aromatic heterocycles. The van der Waals surface area contributed by atoms with Gasteiger partial charge < -0.3 is 14.9 Å². The van der Waals surface area contributed by atoms with E-state index in [0.717, 1.165) is 63.5 Å². The third-order valence-electron chi connectivity index (χ3n) is 5.85. The minimum Gasteiger partial charge on any atom is -0.370 e. The van der Waals surface area contributed by atoms with E-state index in [1.54, 1.807) is 0 Å². The molecule has 0 aliphatic carbocycles. The molecule has 6 rings (SSSR count). The highest BCUT2D eigenvalue weighted by molar-refractivity contribution is 5.89. The molecular formula is C28H23N5. The first-order valence-corrected chi connectivity index (χ1v) is 11.0. The fourth-order valence-electron chi connectivity index (χ4n) is 4.29. The zero-order chi connectivity index (χ0) is 22.2. The summed E-state index contributed by atoms with van der Waals surface area (Å²) in [7, 11) is 0. The van der Waals surface area contributed by atoms with Gasteiger partial charge in [-0.15, -0.1) is 6.58 Å². The second-order valence-electron chi connectivity index (χ2n) is 8.31. The van der Waals surface area contributed by atoms with Crippen molar-refractivity contribution < 1.29 is 0 Å². The number of allylic oxidation sites excluding steroid dienone is 2. The van der Waals surface area contributed by atoms with Crippen LogP contribution in [0.4, 0.5) is 0 Å². The van der Waals surface area contributed by atoms with Crippen molar-refractivity contribution in [2.24, 2.45) is 0 Å². The van der Waals surface area contributed by atoms with Crippen LogP contribution in [0.25, 0.3) is 51.9 Å². The summed E-state index contributed by atoms with van der Waals surface area (Å²) in [6.07, 6.45) is 16.6. The number of hydrogen-bond acceptors (Lipinski definition) is 3. The molecule has 6 heterocycles. The molecule has 0 aromatic carbocycles. The molecule has 0 amide bonds. The van der Waals surface area contributed by atoms with Gasteiger partial charge in [0, 0.05) is 46.9 Å². The van der Waals surface area contributed by atoms with Crippen LogP contribution >= 0.6 is 0 Å². The molecule has 33 heavy (non-hydrogen) atoms. The van der Waals surface area contributed by atoms with Crippen molar-refractivity contribution >= 4 is 51.9 Å². The number of hydrogen-bond donors (Lipinski definition) is 2. The molecule has 8 bridgehead atoms. The van der Waals surface area contributed by atoms with Gasteiger partial charge in [0.25, 0.3) is 0 Å². The second kappa shape index (κ2) is 7.95. The van der Waals surface area contributed by atoms with Crippen molar-refractivity contribution in [2.75, 3.05) is 13.1 Å². The van der Waals surface area contributed by atoms with Crippen LogP contribution in [0.2, 0.25) is 0 Å². The van der Waals surface area contributed by atoms with Crippen molar-refractivity contribution in [2.45, 2.75) is 0 Å². The summed E-state index contributed by atoms with van der Waals surface area (Å²) in [6, 6.07) is 14.7. The van der Waals surface area contributed by atoms with Crippen LogP contribution < -0.4 is 0 Å². The molecule has 3 aliphatic heterocycles. The van der Waals surface area contributed by atoms with E-state index in [2.05, 4.69) is 76.2 Å². The van der Waals surface area contributed by atoms with E-state index in [1.807, 2.05) is 36.4 Å². The van der Waals surface area contributed by atoms with E-state index in [0.29, 0.717) is 0 Å². The van der Waals surface area contributed by atoms with Gasteiger partial charge in [0.2, 0.25) is 0 Å². The Morgan fingerprint density at radius 2 is 1.48 bits per heavy atom. The Bertz CT molecular complexity index is 1540. The summed E-state index contributed by atoms with van der Waals surface area (Å²) in [5.41, 5.74) is 10.1. The number of nitrogens with zero attached hydrogens (tertiary/aromatic N) is 3. The topological polar surface area (TPSA) is 60.6 Å². The Balaban J connectivity index is 1.57. The van der Waals surface area contributed by atoms with Crippen LogP contribution in [0.1, 0.15) is 28.3 Å². The van der Waals surface area contributed by atoms with Gasteiger partial charge in [-0.05, 0) is 78.4 Å². The number of rotatable bonds is 3. The number of aromatic amines is 2. The Kier molecular flexibility index (Phi) is 4.65. The Morgan fingerprint density at radius 3 is 2.18 bits per heavy atom. The van der Waals surface area contributed by atoms with Gasteiger partial charge in [-0.1, -0.05) is 12.2 Å². The zero-order valence-corrected chi connectivity index (χ0v) is 18.1. The van der Waals surface area contributed by atoms with E-state index in [1.165, 1.54) is 5.57 Å². The van der Waals surface area contributed by atoms with Gasteiger partial charge in [0.15, 0.2) is 0 Å². The van der Waals surface area contributed by atoms with Gasteiger partial charge in [-0.3, -0.25) is 0 Å². The summed E-state index contributed by atoms with van der Waals surface area (Å²) in [4.78, 5) is 18.8. The number of fused-ring (bicyclic) bond motifs is 8. The molecule has 3 aliphatic rings. The first-order valence-electron chi connectivity index (χ1n) is 11.0. The zero-order valence-electron chi connectivity index (χ0n) is 18.1. The van der Waals surface area contributed by atoms with Crippen molar-refractivity contribution in [1.82, 2.24) is 24.8 Å². The van der Waals surface area contributed by atoms with Crippen molar-refractivity contribution in [1.29, 1.82) is 0 Å². The average Bonchev–Trinajstić information content (AvgIpc) is 3.60. The van der Waals surface area contributed by atoms with Gasteiger partial charge in [-0.25, -0.2) is 9.97 Å². The SMILES string of the molecule is C=CCN1C=CC(c2cc3cc4ccc(cc5nc(cc6nc(cc2[nH]3)C=C6)C=C5)[nH]4)=CC1. The first-order chi connectivity index (χ1) is 16.2. The third kappa shape index (κ3) is 3.96. The molecule has 5 heteroatoms. The highest BCUT2D eigenvalue weighted by Crippen LogP contribution is 2.27. The molecule has 0 saturated heterocycles. The lowest BCUT2D eigenvalue weighted by Crippen LogP contribution is -2.19. The summed E-state index contributed by atoms with van der Waals surface area (Å²) < 4.78 is 0. The largest absolute Gasteiger partial charge is 0.370 e. The van der Waals surface area contributed by atoms with Crippen LogP contribution in [-0.2, 0) is 0 Å². The van der Waals surface area contributed by atoms with E-state index < -0.39 is 0 Å². The molecule has 0 unspecified atom stereocenters.